The molecule has 0 heterocycles. The number of methoxy groups -OCH3 is 2. The molecule has 1 N–H and O–H groups in total. The van der Waals surface area contributed by atoms with E-state index in [-0.39, 0.29) is 17.4 Å². The lowest BCUT2D eigenvalue weighted by Crippen LogP contribution is -2.34. The molecule has 0 aliphatic heterocycles. The van der Waals surface area contributed by atoms with Crippen LogP contribution in [0.15, 0.2) is 18.2 Å². The smallest absolute Gasteiger partial charge is 0.387 e. The van der Waals surface area contributed by atoms with Gasteiger partial charge in [-0.25, -0.2) is 0 Å². The molecule has 0 aliphatic carbocycles. The van der Waals surface area contributed by atoms with Crippen LogP contribution in [0.3, 0.4) is 0 Å². The molecule has 1 amide bonds. The van der Waals surface area contributed by atoms with Crippen LogP contribution in [0.5, 0.6) is 11.5 Å². The maximum absolute atomic E-state index is 12.4. The van der Waals surface area contributed by atoms with E-state index in [9.17, 15) is 23.7 Å². The van der Waals surface area contributed by atoms with Gasteiger partial charge in [0.05, 0.1) is 30.3 Å². The monoisotopic (exact) mass is 360 g/mol. The van der Waals surface area contributed by atoms with Gasteiger partial charge in [0.2, 0.25) is 5.91 Å². The van der Waals surface area contributed by atoms with E-state index in [0.29, 0.717) is 6.61 Å². The van der Waals surface area contributed by atoms with E-state index < -0.39 is 28.9 Å². The van der Waals surface area contributed by atoms with Crippen molar-refractivity contribution in [2.24, 2.45) is 0 Å². The van der Waals surface area contributed by atoms with Gasteiger partial charge in [0, 0.05) is 19.2 Å². The lowest BCUT2D eigenvalue weighted by Gasteiger charge is -2.11. The molecule has 0 aliphatic rings. The fourth-order valence-corrected chi connectivity index (χ4v) is 1.95. The van der Waals surface area contributed by atoms with E-state index >= 15 is 0 Å². The van der Waals surface area contributed by atoms with Crippen molar-refractivity contribution >= 4 is 17.7 Å². The Kier molecular flexibility index (Phi) is 7.73. The summed E-state index contributed by atoms with van der Waals surface area (Å²) in [7, 11) is 2.68. The minimum Gasteiger partial charge on any atom is -0.493 e. The molecule has 25 heavy (non-hydrogen) atoms. The standard InChI is InChI=1S/C15H18F2N2O6/c1-9(8-23-2)18-14(20)5-4-10-6-12(24-3)13(25-15(16)17)7-11(10)19(21)22/h4-7,9,15H,8H2,1-3H3,(H,18,20)/b5-4+/t9-/m1/s1. The Labute approximate surface area is 142 Å². The SMILES string of the molecule is COC[C@@H](C)NC(=O)/C=C/c1cc(OC)c(OC(F)F)cc1[N+](=O)[O-]. The second-order valence-corrected chi connectivity index (χ2v) is 4.90. The number of amides is 1. The number of nitrogens with zero attached hydrogens (tertiary/aromatic N) is 1. The Morgan fingerprint density at radius 1 is 1.36 bits per heavy atom. The van der Waals surface area contributed by atoms with Gasteiger partial charge in [-0.15, -0.1) is 0 Å². The van der Waals surface area contributed by atoms with E-state index in [4.69, 9.17) is 9.47 Å². The van der Waals surface area contributed by atoms with Gasteiger partial charge in [-0.2, -0.15) is 8.78 Å². The van der Waals surface area contributed by atoms with Crippen LogP contribution in [-0.2, 0) is 9.53 Å². The zero-order valence-corrected chi connectivity index (χ0v) is 13.8. The Bertz CT molecular complexity index is 651. The maximum Gasteiger partial charge on any atom is 0.387 e. The topological polar surface area (TPSA) is 99.9 Å². The third kappa shape index (κ3) is 6.34. The van der Waals surface area contributed by atoms with Crippen molar-refractivity contribution in [1.82, 2.24) is 5.32 Å². The Morgan fingerprint density at radius 3 is 2.56 bits per heavy atom. The zero-order valence-electron chi connectivity index (χ0n) is 13.8. The number of nitro groups is 1. The molecule has 0 bridgehead atoms. The van der Waals surface area contributed by atoms with Gasteiger partial charge in [0.15, 0.2) is 11.5 Å². The summed E-state index contributed by atoms with van der Waals surface area (Å²) in [5.41, 5.74) is -0.511. The van der Waals surface area contributed by atoms with Gasteiger partial charge in [-0.3, -0.25) is 14.9 Å². The molecule has 1 rings (SSSR count). The fraction of sp³-hybridized carbons (Fsp3) is 0.400. The molecule has 10 heteroatoms. The van der Waals surface area contributed by atoms with E-state index in [1.54, 1.807) is 6.92 Å². The summed E-state index contributed by atoms with van der Waals surface area (Å²) in [6.45, 7) is -1.15. The summed E-state index contributed by atoms with van der Waals surface area (Å²) in [4.78, 5) is 22.1. The van der Waals surface area contributed by atoms with E-state index in [1.165, 1.54) is 20.3 Å². The summed E-state index contributed by atoms with van der Waals surface area (Å²) < 4.78 is 38.7. The summed E-state index contributed by atoms with van der Waals surface area (Å²) in [6, 6.07) is 1.70. The predicted molar refractivity (Wildman–Crippen MR) is 84.8 cm³/mol. The summed E-state index contributed by atoms with van der Waals surface area (Å²) >= 11 is 0. The van der Waals surface area contributed by atoms with Gasteiger partial charge in [-0.1, -0.05) is 0 Å². The number of hydrogen-bond acceptors (Lipinski definition) is 6. The van der Waals surface area contributed by atoms with Crippen LogP contribution in [0.4, 0.5) is 14.5 Å². The van der Waals surface area contributed by atoms with E-state index in [2.05, 4.69) is 10.1 Å². The number of alkyl halides is 2. The highest BCUT2D eigenvalue weighted by molar-refractivity contribution is 5.92. The first-order valence-electron chi connectivity index (χ1n) is 7.07. The zero-order chi connectivity index (χ0) is 19.0. The van der Waals surface area contributed by atoms with Crippen LogP contribution >= 0.6 is 0 Å². The van der Waals surface area contributed by atoms with Crippen molar-refractivity contribution in [2.75, 3.05) is 20.8 Å². The van der Waals surface area contributed by atoms with E-state index in [0.717, 1.165) is 18.2 Å². The summed E-state index contributed by atoms with van der Waals surface area (Å²) in [5.74, 6) is -1.09. The number of halogens is 2. The quantitative estimate of drug-likeness (QED) is 0.412. The molecule has 1 aromatic rings. The van der Waals surface area contributed by atoms with Crippen molar-refractivity contribution < 1.29 is 32.7 Å². The molecule has 138 valence electrons. The third-order valence-electron chi connectivity index (χ3n) is 2.95. The molecule has 0 saturated heterocycles. The summed E-state index contributed by atoms with van der Waals surface area (Å²) in [5, 5.41) is 13.7. The van der Waals surface area contributed by atoms with Crippen molar-refractivity contribution in [3.05, 3.63) is 33.9 Å². The first-order chi connectivity index (χ1) is 11.8. The Balaban J connectivity index is 3.10. The number of ether oxygens (including phenoxy) is 3. The number of nitrogens with one attached hydrogen (secondary N) is 1. The predicted octanol–water partition coefficient (Wildman–Crippen LogP) is 2.37. The van der Waals surface area contributed by atoms with Crippen molar-refractivity contribution in [2.45, 2.75) is 19.6 Å². The first kappa shape index (κ1) is 20.3. The molecule has 1 aromatic carbocycles. The van der Waals surface area contributed by atoms with Crippen molar-refractivity contribution in [3.63, 3.8) is 0 Å². The largest absolute Gasteiger partial charge is 0.493 e. The van der Waals surface area contributed by atoms with Crippen LogP contribution in [0, 0.1) is 10.1 Å². The Hall–Kier alpha value is -2.75. The number of nitro benzene ring substituents is 1. The highest BCUT2D eigenvalue weighted by Gasteiger charge is 2.20. The number of carbonyl (C=O) groups excluding carboxylic acids is 1. The lowest BCUT2D eigenvalue weighted by atomic mass is 10.1. The number of benzene rings is 1. The van der Waals surface area contributed by atoms with Gasteiger partial charge >= 0.3 is 6.61 Å². The summed E-state index contributed by atoms with van der Waals surface area (Å²) in [6.07, 6.45) is 2.27. The Morgan fingerprint density at radius 2 is 2.04 bits per heavy atom. The van der Waals surface area contributed by atoms with Crippen LogP contribution in [0.1, 0.15) is 12.5 Å². The lowest BCUT2D eigenvalue weighted by molar-refractivity contribution is -0.385. The molecule has 8 nitrogen and oxygen atoms in total. The van der Waals surface area contributed by atoms with Crippen LogP contribution in [-0.4, -0.2) is 44.3 Å². The molecule has 0 saturated carbocycles. The number of carbonyl (C=O) groups is 1. The highest BCUT2D eigenvalue weighted by atomic mass is 19.3. The molecule has 1 atom stereocenters. The van der Waals surface area contributed by atoms with Gasteiger partial charge in [-0.05, 0) is 19.1 Å². The van der Waals surface area contributed by atoms with Crippen molar-refractivity contribution in [1.29, 1.82) is 0 Å². The first-order valence-corrected chi connectivity index (χ1v) is 7.07. The van der Waals surface area contributed by atoms with Crippen LogP contribution in [0.2, 0.25) is 0 Å². The molecular formula is C15H18F2N2O6. The van der Waals surface area contributed by atoms with Gasteiger partial charge in [0.25, 0.3) is 5.69 Å². The maximum atomic E-state index is 12.4. The molecule has 0 spiro atoms. The second kappa shape index (κ2) is 9.52. The number of rotatable bonds is 9. The van der Waals surface area contributed by atoms with Crippen LogP contribution in [0.25, 0.3) is 6.08 Å². The van der Waals surface area contributed by atoms with Crippen LogP contribution < -0.4 is 14.8 Å². The minimum atomic E-state index is -3.16. The normalized spacial score (nSPS) is 12.2. The number of hydrogen-bond donors (Lipinski definition) is 1. The van der Waals surface area contributed by atoms with E-state index in [1.807, 2.05) is 0 Å². The fourth-order valence-electron chi connectivity index (χ4n) is 1.95. The minimum absolute atomic E-state index is 0.00184. The molecule has 0 fully saturated rings. The second-order valence-electron chi connectivity index (χ2n) is 4.90. The molecule has 0 aromatic heterocycles. The highest BCUT2D eigenvalue weighted by Crippen LogP contribution is 2.36. The van der Waals surface area contributed by atoms with Gasteiger partial charge < -0.3 is 19.5 Å². The average Bonchev–Trinajstić information content (AvgIpc) is 2.52. The molecular weight excluding hydrogens is 342 g/mol. The third-order valence-corrected chi connectivity index (χ3v) is 2.95. The average molecular weight is 360 g/mol. The van der Waals surface area contributed by atoms with Gasteiger partial charge in [0.1, 0.15) is 0 Å². The van der Waals surface area contributed by atoms with Crippen molar-refractivity contribution in [3.8, 4) is 11.5 Å². The molecule has 0 radical (unpaired) electrons. The molecule has 0 unspecified atom stereocenters.